The number of hydrogen-bond acceptors (Lipinski definition) is 8. The lowest BCUT2D eigenvalue weighted by atomic mass is 10.2. The van der Waals surface area contributed by atoms with Gasteiger partial charge < -0.3 is 28.6 Å². The number of likely N-dealkylation sites (N-methyl/N-ethyl adjacent to an activating group) is 1. The molecule has 10 nitrogen and oxygen atoms in total. The van der Waals surface area contributed by atoms with E-state index in [2.05, 4.69) is 10.3 Å². The van der Waals surface area contributed by atoms with Crippen LogP contribution in [0.5, 0.6) is 0 Å². The highest BCUT2D eigenvalue weighted by molar-refractivity contribution is 5.89. The Bertz CT molecular complexity index is 1020. The van der Waals surface area contributed by atoms with Gasteiger partial charge >= 0.3 is 12.2 Å². The molecule has 1 unspecified atom stereocenters. The number of fused-ring (bicyclic) bond motifs is 1. The average molecular weight is 490 g/mol. The predicted octanol–water partition coefficient (Wildman–Crippen LogP) is 4.19. The third-order valence-corrected chi connectivity index (χ3v) is 5.18. The lowest BCUT2D eigenvalue weighted by molar-refractivity contribution is -0.145. The molecule has 1 aromatic carbocycles. The van der Waals surface area contributed by atoms with Crippen molar-refractivity contribution >= 4 is 28.8 Å². The number of nitrogens with zero attached hydrogens (tertiary/aromatic N) is 2. The minimum absolute atomic E-state index is 0.108. The normalized spacial score (nSPS) is 18.2. The number of pyridine rings is 1. The number of benzene rings is 1. The molecular weight excluding hydrogens is 454 g/mol. The lowest BCUT2D eigenvalue weighted by Crippen LogP contribution is -2.46. The molecule has 2 amide bonds. The molecule has 1 aliphatic rings. The van der Waals surface area contributed by atoms with Crippen molar-refractivity contribution in [3.8, 4) is 0 Å². The second kappa shape index (κ2) is 11.2. The fraction of sp³-hybridized carbons (Fsp3) is 0.560. The van der Waals surface area contributed by atoms with Gasteiger partial charge in [0.1, 0.15) is 24.1 Å². The second-order valence-corrected chi connectivity index (χ2v) is 9.87. The van der Waals surface area contributed by atoms with Gasteiger partial charge in [0.15, 0.2) is 5.79 Å². The van der Waals surface area contributed by atoms with E-state index in [9.17, 15) is 9.59 Å². The van der Waals surface area contributed by atoms with Gasteiger partial charge in [-0.15, -0.1) is 0 Å². The highest BCUT2D eigenvalue weighted by atomic mass is 16.7. The number of ether oxygens (including phenoxy) is 5. The molecule has 1 aliphatic heterocycles. The van der Waals surface area contributed by atoms with Crippen molar-refractivity contribution in [3.05, 3.63) is 36.5 Å². The molecule has 0 spiro atoms. The molecule has 10 heteroatoms. The maximum atomic E-state index is 12.6. The molecule has 1 fully saturated rings. The number of anilines is 1. The Balaban J connectivity index is 1.57. The topological polar surface area (TPSA) is 108 Å². The Kier molecular flexibility index (Phi) is 8.52. The van der Waals surface area contributed by atoms with Crippen LogP contribution >= 0.6 is 0 Å². The van der Waals surface area contributed by atoms with Crippen LogP contribution in [0.2, 0.25) is 0 Å². The number of carbonyl (C=O) groups excluding carboxylic acids is 2. The summed E-state index contributed by atoms with van der Waals surface area (Å²) >= 11 is 0. The summed E-state index contributed by atoms with van der Waals surface area (Å²) in [5.41, 5.74) is -0.669. The first-order valence-electron chi connectivity index (χ1n) is 11.6. The van der Waals surface area contributed by atoms with Gasteiger partial charge in [0.2, 0.25) is 0 Å². The largest absolute Gasteiger partial charge is 0.447 e. The van der Waals surface area contributed by atoms with Gasteiger partial charge in [-0.25, -0.2) is 14.6 Å². The molecule has 0 radical (unpaired) electrons. The second-order valence-electron chi connectivity index (χ2n) is 9.87. The number of amides is 2. The van der Waals surface area contributed by atoms with E-state index in [1.165, 1.54) is 4.90 Å². The standard InChI is InChI=1S/C25H35N3O7/c1-24(2,3)35-23(30)28(6)19(13-31-15-20-16-33-25(4,5)34-20)14-32-22(29)27-21-11-17-9-7-8-10-18(17)12-26-21/h7-12,19-20H,13-16H2,1-6H3,(H,26,27,29)/t19-,20?/m0/s1. The van der Waals surface area contributed by atoms with Crippen molar-refractivity contribution in [2.75, 3.05) is 38.8 Å². The molecular formula is C25H35N3O7. The van der Waals surface area contributed by atoms with Gasteiger partial charge in [0.05, 0.1) is 25.9 Å². The number of aromatic nitrogens is 1. The lowest BCUT2D eigenvalue weighted by Gasteiger charge is -2.30. The van der Waals surface area contributed by atoms with Gasteiger partial charge in [-0.3, -0.25) is 5.32 Å². The third kappa shape index (κ3) is 8.34. The Morgan fingerprint density at radius 1 is 1.23 bits per heavy atom. The zero-order valence-corrected chi connectivity index (χ0v) is 21.2. The van der Waals surface area contributed by atoms with Crippen molar-refractivity contribution in [1.82, 2.24) is 9.88 Å². The number of rotatable bonds is 8. The van der Waals surface area contributed by atoms with Crippen LogP contribution in [0.25, 0.3) is 10.8 Å². The van der Waals surface area contributed by atoms with E-state index in [1.807, 2.05) is 38.1 Å². The summed E-state index contributed by atoms with van der Waals surface area (Å²) in [6, 6.07) is 8.86. The van der Waals surface area contributed by atoms with Gasteiger partial charge in [-0.05, 0) is 46.1 Å². The Morgan fingerprint density at radius 2 is 1.94 bits per heavy atom. The van der Waals surface area contributed by atoms with Crippen molar-refractivity contribution in [2.24, 2.45) is 0 Å². The van der Waals surface area contributed by atoms with Gasteiger partial charge in [-0.2, -0.15) is 0 Å². The van der Waals surface area contributed by atoms with E-state index in [4.69, 9.17) is 23.7 Å². The molecule has 1 N–H and O–H groups in total. The van der Waals surface area contributed by atoms with Gasteiger partial charge in [-0.1, -0.05) is 24.3 Å². The first-order chi connectivity index (χ1) is 16.4. The summed E-state index contributed by atoms with van der Waals surface area (Å²) in [5.74, 6) is -0.290. The Labute approximate surface area is 205 Å². The van der Waals surface area contributed by atoms with E-state index >= 15 is 0 Å². The Hall–Kier alpha value is -2.95. The van der Waals surface area contributed by atoms with Gasteiger partial charge in [0.25, 0.3) is 0 Å². The molecule has 2 atom stereocenters. The van der Waals surface area contributed by atoms with Crippen molar-refractivity contribution in [3.63, 3.8) is 0 Å². The molecule has 0 saturated carbocycles. The van der Waals surface area contributed by atoms with E-state index in [-0.39, 0.29) is 25.9 Å². The minimum Gasteiger partial charge on any atom is -0.447 e. The summed E-state index contributed by atoms with van der Waals surface area (Å²) in [7, 11) is 1.58. The van der Waals surface area contributed by atoms with Crippen molar-refractivity contribution < 1.29 is 33.3 Å². The summed E-state index contributed by atoms with van der Waals surface area (Å²) in [5, 5.41) is 4.52. The van der Waals surface area contributed by atoms with Crippen LogP contribution in [0.3, 0.4) is 0 Å². The molecule has 2 heterocycles. The van der Waals surface area contributed by atoms with Crippen LogP contribution in [-0.4, -0.2) is 79.1 Å². The molecule has 192 valence electrons. The van der Waals surface area contributed by atoms with E-state index in [0.29, 0.717) is 12.4 Å². The van der Waals surface area contributed by atoms with Crippen LogP contribution in [-0.2, 0) is 23.7 Å². The predicted molar refractivity (Wildman–Crippen MR) is 130 cm³/mol. The van der Waals surface area contributed by atoms with Gasteiger partial charge in [0, 0.05) is 18.6 Å². The zero-order chi connectivity index (χ0) is 25.6. The molecule has 1 saturated heterocycles. The fourth-order valence-corrected chi connectivity index (χ4v) is 3.40. The summed E-state index contributed by atoms with van der Waals surface area (Å²) < 4.78 is 27.9. The highest BCUT2D eigenvalue weighted by Crippen LogP contribution is 2.22. The maximum absolute atomic E-state index is 12.6. The number of nitrogens with one attached hydrogen (secondary N) is 1. The third-order valence-electron chi connectivity index (χ3n) is 5.18. The molecule has 0 aliphatic carbocycles. The molecule has 0 bridgehead atoms. The number of carbonyl (C=O) groups is 2. The molecule has 35 heavy (non-hydrogen) atoms. The van der Waals surface area contributed by atoms with E-state index in [1.54, 1.807) is 40.1 Å². The average Bonchev–Trinajstić information content (AvgIpc) is 3.12. The van der Waals surface area contributed by atoms with Crippen molar-refractivity contribution in [1.29, 1.82) is 0 Å². The maximum Gasteiger partial charge on any atom is 0.412 e. The first kappa shape index (κ1) is 26.7. The molecule has 2 aromatic rings. The monoisotopic (exact) mass is 489 g/mol. The summed E-state index contributed by atoms with van der Waals surface area (Å²) in [6.07, 6.45) is 0.215. The SMILES string of the molecule is CN(C(=O)OC(C)(C)C)[C@@H](COCC1COC(C)(C)O1)COC(=O)Nc1cc2ccccc2cn1. The minimum atomic E-state index is -0.690. The van der Waals surface area contributed by atoms with Crippen LogP contribution in [0.4, 0.5) is 15.4 Å². The molecule has 1 aromatic heterocycles. The fourth-order valence-electron chi connectivity index (χ4n) is 3.40. The Morgan fingerprint density at radius 3 is 2.60 bits per heavy atom. The number of hydrogen-bond donors (Lipinski definition) is 1. The summed E-state index contributed by atoms with van der Waals surface area (Å²) in [4.78, 5) is 30.6. The van der Waals surface area contributed by atoms with Crippen LogP contribution < -0.4 is 5.32 Å². The van der Waals surface area contributed by atoms with Crippen LogP contribution in [0.15, 0.2) is 36.5 Å². The molecule has 3 rings (SSSR count). The smallest absolute Gasteiger partial charge is 0.412 e. The van der Waals surface area contributed by atoms with Crippen LogP contribution in [0, 0.1) is 0 Å². The van der Waals surface area contributed by atoms with Crippen molar-refractivity contribution in [2.45, 2.75) is 58.2 Å². The quantitative estimate of drug-likeness (QED) is 0.588. The van der Waals surface area contributed by atoms with E-state index < -0.39 is 29.6 Å². The highest BCUT2D eigenvalue weighted by Gasteiger charge is 2.33. The zero-order valence-electron chi connectivity index (χ0n) is 21.2. The summed E-state index contributed by atoms with van der Waals surface area (Å²) in [6.45, 7) is 9.70. The van der Waals surface area contributed by atoms with Crippen LogP contribution in [0.1, 0.15) is 34.6 Å². The van der Waals surface area contributed by atoms with E-state index in [0.717, 1.165) is 10.8 Å². The first-order valence-corrected chi connectivity index (χ1v) is 11.6.